The fraction of sp³-hybridized carbons (Fsp3) is 0.364. The minimum Gasteiger partial charge on any atom is -0.383 e. The summed E-state index contributed by atoms with van der Waals surface area (Å²) in [7, 11) is 1.49. The van der Waals surface area contributed by atoms with Crippen LogP contribution < -0.4 is 5.32 Å². The van der Waals surface area contributed by atoms with E-state index in [1.807, 2.05) is 25.1 Å². The predicted octanol–water partition coefficient (Wildman–Crippen LogP) is 3.59. The number of fused-ring (bicyclic) bond motifs is 1. The third-order valence-corrected chi connectivity index (χ3v) is 5.27. The second kappa shape index (κ2) is 9.67. The maximum Gasteiger partial charge on any atom is 0.322 e. The number of benzene rings is 2. The van der Waals surface area contributed by atoms with Crippen molar-refractivity contribution in [2.24, 2.45) is 0 Å². The molecule has 0 saturated heterocycles. The van der Waals surface area contributed by atoms with Crippen LogP contribution in [-0.2, 0) is 16.0 Å². The zero-order valence-electron chi connectivity index (χ0n) is 17.0. The molecule has 1 unspecified atom stereocenters. The van der Waals surface area contributed by atoms with Crippen LogP contribution in [0.2, 0.25) is 0 Å². The Morgan fingerprint density at radius 1 is 1.23 bits per heavy atom. The lowest BCUT2D eigenvalue weighted by Gasteiger charge is -2.36. The second-order valence-corrected chi connectivity index (χ2v) is 7.18. The molecule has 0 fully saturated rings. The summed E-state index contributed by atoms with van der Waals surface area (Å²) in [6.45, 7) is 2.71. The number of methoxy groups -OCH3 is 1. The Bertz CT molecular complexity index is 922. The molecule has 1 aliphatic rings. The number of anilines is 1. The molecule has 0 aliphatic carbocycles. The van der Waals surface area contributed by atoms with Gasteiger partial charge in [0.25, 0.3) is 0 Å². The van der Waals surface area contributed by atoms with Gasteiger partial charge in [-0.2, -0.15) is 0 Å². The second-order valence-electron chi connectivity index (χ2n) is 7.18. The summed E-state index contributed by atoms with van der Waals surface area (Å²) < 4.78 is 32.0. The fourth-order valence-electron chi connectivity index (χ4n) is 3.61. The monoisotopic (exact) mass is 417 g/mol. The molecule has 1 atom stereocenters. The van der Waals surface area contributed by atoms with Crippen molar-refractivity contribution in [3.8, 4) is 0 Å². The van der Waals surface area contributed by atoms with Crippen molar-refractivity contribution in [2.45, 2.75) is 19.4 Å². The van der Waals surface area contributed by atoms with Crippen molar-refractivity contribution < 1.29 is 23.1 Å². The van der Waals surface area contributed by atoms with Crippen LogP contribution in [0.3, 0.4) is 0 Å². The van der Waals surface area contributed by atoms with Crippen LogP contribution >= 0.6 is 0 Å². The maximum atomic E-state index is 13.9. The van der Waals surface area contributed by atoms with Crippen molar-refractivity contribution in [1.29, 1.82) is 0 Å². The van der Waals surface area contributed by atoms with Gasteiger partial charge in [-0.25, -0.2) is 13.6 Å². The summed E-state index contributed by atoms with van der Waals surface area (Å²) in [4.78, 5) is 28.7. The highest BCUT2D eigenvalue weighted by molar-refractivity contribution is 5.92. The Morgan fingerprint density at radius 3 is 2.73 bits per heavy atom. The summed E-state index contributed by atoms with van der Waals surface area (Å²) in [6, 6.07) is 10.1. The predicted molar refractivity (Wildman–Crippen MR) is 109 cm³/mol. The SMILES string of the molecule is COCCN(CC(=O)N1CCc2ccccc2C1C)C(=O)Nc1ccc(F)cc1F. The summed E-state index contributed by atoms with van der Waals surface area (Å²) in [5, 5.41) is 2.40. The van der Waals surface area contributed by atoms with Gasteiger partial charge in [-0.1, -0.05) is 24.3 Å². The van der Waals surface area contributed by atoms with Crippen molar-refractivity contribution in [3.05, 3.63) is 65.2 Å². The van der Waals surface area contributed by atoms with Gasteiger partial charge in [0.15, 0.2) is 0 Å². The smallest absolute Gasteiger partial charge is 0.322 e. The van der Waals surface area contributed by atoms with Crippen LogP contribution in [0.1, 0.15) is 24.1 Å². The van der Waals surface area contributed by atoms with Gasteiger partial charge in [-0.3, -0.25) is 4.79 Å². The molecule has 1 N–H and O–H groups in total. The molecule has 30 heavy (non-hydrogen) atoms. The van der Waals surface area contributed by atoms with Crippen molar-refractivity contribution >= 4 is 17.6 Å². The van der Waals surface area contributed by atoms with Gasteiger partial charge in [-0.05, 0) is 36.6 Å². The van der Waals surface area contributed by atoms with Gasteiger partial charge in [0.2, 0.25) is 5.91 Å². The van der Waals surface area contributed by atoms with Crippen LogP contribution in [0.15, 0.2) is 42.5 Å². The standard InChI is InChI=1S/C22H25F2N3O3/c1-15-18-6-4-3-5-16(18)9-10-27(15)21(28)14-26(11-12-30-2)22(29)25-20-8-7-17(23)13-19(20)24/h3-8,13,15H,9-12,14H2,1-2H3,(H,25,29). The normalized spacial score (nSPS) is 15.5. The van der Waals surface area contributed by atoms with Gasteiger partial charge in [0.05, 0.1) is 18.3 Å². The molecular weight excluding hydrogens is 392 g/mol. The lowest BCUT2D eigenvalue weighted by molar-refractivity contribution is -0.134. The third-order valence-electron chi connectivity index (χ3n) is 5.27. The molecule has 3 amide bonds. The molecule has 1 aliphatic heterocycles. The number of halogens is 2. The molecular formula is C22H25F2N3O3. The van der Waals surface area contributed by atoms with Gasteiger partial charge in [-0.15, -0.1) is 0 Å². The van der Waals surface area contributed by atoms with Crippen molar-refractivity contribution in [1.82, 2.24) is 9.80 Å². The fourth-order valence-corrected chi connectivity index (χ4v) is 3.61. The van der Waals surface area contributed by atoms with E-state index in [4.69, 9.17) is 4.74 Å². The molecule has 0 radical (unpaired) electrons. The van der Waals surface area contributed by atoms with E-state index in [2.05, 4.69) is 11.4 Å². The molecule has 1 heterocycles. The van der Waals surface area contributed by atoms with E-state index in [1.165, 1.54) is 17.6 Å². The molecule has 0 aromatic heterocycles. The summed E-state index contributed by atoms with van der Waals surface area (Å²) >= 11 is 0. The lowest BCUT2D eigenvalue weighted by Crippen LogP contribution is -2.48. The molecule has 0 spiro atoms. The Balaban J connectivity index is 1.71. The van der Waals surface area contributed by atoms with Gasteiger partial charge >= 0.3 is 6.03 Å². The number of urea groups is 1. The number of carbonyl (C=O) groups excluding carboxylic acids is 2. The van der Waals surface area contributed by atoms with Crippen molar-refractivity contribution in [3.63, 3.8) is 0 Å². The number of amides is 3. The topological polar surface area (TPSA) is 61.9 Å². The summed E-state index contributed by atoms with van der Waals surface area (Å²) in [6.07, 6.45) is 0.747. The molecule has 6 nitrogen and oxygen atoms in total. The molecule has 2 aromatic rings. The van der Waals surface area contributed by atoms with Crippen LogP contribution in [0.5, 0.6) is 0 Å². The zero-order valence-corrected chi connectivity index (χ0v) is 17.0. The van der Waals surface area contributed by atoms with E-state index in [0.717, 1.165) is 24.1 Å². The quantitative estimate of drug-likeness (QED) is 0.781. The van der Waals surface area contributed by atoms with E-state index < -0.39 is 17.7 Å². The van der Waals surface area contributed by atoms with Gasteiger partial charge in [0, 0.05) is 26.3 Å². The van der Waals surface area contributed by atoms with Crippen molar-refractivity contribution in [2.75, 3.05) is 38.7 Å². The van der Waals surface area contributed by atoms with Crippen LogP contribution in [0.4, 0.5) is 19.3 Å². The highest BCUT2D eigenvalue weighted by atomic mass is 19.1. The first-order chi connectivity index (χ1) is 14.4. The van der Waals surface area contributed by atoms with Crippen LogP contribution in [-0.4, -0.2) is 55.1 Å². The summed E-state index contributed by atoms with van der Waals surface area (Å²) in [5.41, 5.74) is 2.16. The largest absolute Gasteiger partial charge is 0.383 e. The minimum atomic E-state index is -0.886. The number of hydrogen-bond acceptors (Lipinski definition) is 3. The third kappa shape index (κ3) is 4.94. The van der Waals surface area contributed by atoms with Crippen LogP contribution in [0, 0.1) is 11.6 Å². The number of nitrogens with zero attached hydrogens (tertiary/aromatic N) is 2. The van der Waals surface area contributed by atoms with Gasteiger partial charge < -0.3 is 19.9 Å². The first kappa shape index (κ1) is 21.7. The maximum absolute atomic E-state index is 13.9. The van der Waals surface area contributed by atoms with E-state index in [0.29, 0.717) is 12.6 Å². The van der Waals surface area contributed by atoms with Crippen LogP contribution in [0.25, 0.3) is 0 Å². The molecule has 3 rings (SSSR count). The Kier molecular flexibility index (Phi) is 6.99. The first-order valence-electron chi connectivity index (χ1n) is 9.78. The number of rotatable bonds is 6. The number of nitrogens with one attached hydrogen (secondary N) is 1. The van der Waals surface area contributed by atoms with E-state index >= 15 is 0 Å². The minimum absolute atomic E-state index is 0.107. The Morgan fingerprint density at radius 2 is 2.00 bits per heavy atom. The number of hydrogen-bond donors (Lipinski definition) is 1. The Labute approximate surface area is 174 Å². The average Bonchev–Trinajstić information content (AvgIpc) is 2.73. The summed E-state index contributed by atoms with van der Waals surface area (Å²) in [5.74, 6) is -1.83. The average molecular weight is 417 g/mol. The number of ether oxygens (including phenoxy) is 1. The zero-order chi connectivity index (χ0) is 21.7. The molecule has 0 saturated carbocycles. The molecule has 160 valence electrons. The van der Waals surface area contributed by atoms with E-state index in [9.17, 15) is 18.4 Å². The van der Waals surface area contributed by atoms with Gasteiger partial charge in [0.1, 0.15) is 18.2 Å². The first-order valence-corrected chi connectivity index (χ1v) is 9.78. The van der Waals surface area contributed by atoms with E-state index in [-0.39, 0.29) is 37.3 Å². The molecule has 2 aromatic carbocycles. The van der Waals surface area contributed by atoms with E-state index in [1.54, 1.807) is 4.90 Å². The number of carbonyl (C=O) groups is 2. The molecule has 0 bridgehead atoms. The highest BCUT2D eigenvalue weighted by Gasteiger charge is 2.29. The lowest BCUT2D eigenvalue weighted by atomic mass is 9.93. The Hall–Kier alpha value is -3.00. The molecule has 8 heteroatoms. The highest BCUT2D eigenvalue weighted by Crippen LogP contribution is 2.29.